The number of β-amino-alcohol motifs (C(OH)–C–C–N with tert-alkyl or cyclic N) is 1. The van der Waals surface area contributed by atoms with E-state index in [0.717, 1.165) is 23.4 Å². The summed E-state index contributed by atoms with van der Waals surface area (Å²) in [4.78, 5) is 36.7. The Morgan fingerprint density at radius 1 is 1.15 bits per heavy atom. The second-order valence-electron chi connectivity index (χ2n) is 7.74. The first kappa shape index (κ1) is 22.8. The van der Waals surface area contributed by atoms with Gasteiger partial charge in [0.2, 0.25) is 0 Å². The van der Waals surface area contributed by atoms with E-state index in [2.05, 4.69) is 0 Å². The summed E-state index contributed by atoms with van der Waals surface area (Å²) in [5, 5.41) is 21.3. The van der Waals surface area contributed by atoms with Gasteiger partial charge in [0.15, 0.2) is 11.5 Å². The molecule has 1 saturated heterocycles. The van der Waals surface area contributed by atoms with Crippen molar-refractivity contribution in [2.45, 2.75) is 29.9 Å². The van der Waals surface area contributed by atoms with Crippen LogP contribution in [0.15, 0.2) is 53.4 Å². The van der Waals surface area contributed by atoms with Crippen molar-refractivity contribution in [2.24, 2.45) is 0 Å². The quantitative estimate of drug-likeness (QED) is 0.367. The molecule has 4 rings (SSSR count). The number of amides is 1. The molecule has 11 nitrogen and oxygen atoms in total. The van der Waals surface area contributed by atoms with Crippen LogP contribution in [0.25, 0.3) is 0 Å². The zero-order valence-corrected chi connectivity index (χ0v) is 18.2. The van der Waals surface area contributed by atoms with E-state index in [9.17, 15) is 33.2 Å². The molecular weight excluding hydrogens is 454 g/mol. The largest absolute Gasteiger partial charge is 0.454 e. The molecular formula is C21H21N3O8S. The van der Waals surface area contributed by atoms with Gasteiger partial charge in [-0.3, -0.25) is 19.7 Å². The lowest BCUT2D eigenvalue weighted by molar-refractivity contribution is -0.387. The Morgan fingerprint density at radius 3 is 2.61 bits per heavy atom. The Hall–Kier alpha value is -3.35. The maximum Gasteiger partial charge on any atom is 0.325 e. The number of hydrogen-bond acceptors (Lipinski definition) is 8. The predicted molar refractivity (Wildman–Crippen MR) is 115 cm³/mol. The Labute approximate surface area is 189 Å². The molecule has 2 aliphatic rings. The van der Waals surface area contributed by atoms with E-state index in [1.165, 1.54) is 17.0 Å². The molecule has 0 saturated carbocycles. The van der Waals surface area contributed by atoms with Crippen LogP contribution < -0.4 is 4.90 Å². The van der Waals surface area contributed by atoms with Gasteiger partial charge < -0.3 is 14.7 Å². The number of nitro groups is 1. The van der Waals surface area contributed by atoms with Crippen LogP contribution in [-0.2, 0) is 30.8 Å². The molecule has 1 fully saturated rings. The molecule has 2 aliphatic heterocycles. The lowest BCUT2D eigenvalue weighted by Crippen LogP contribution is -2.43. The molecule has 2 heterocycles. The van der Waals surface area contributed by atoms with Crippen LogP contribution in [0.3, 0.4) is 0 Å². The van der Waals surface area contributed by atoms with Crippen molar-refractivity contribution in [1.82, 2.24) is 4.31 Å². The third-order valence-electron chi connectivity index (χ3n) is 5.68. The number of ether oxygens (including phenoxy) is 1. The molecule has 2 aromatic rings. The second-order valence-corrected chi connectivity index (χ2v) is 9.60. The van der Waals surface area contributed by atoms with Gasteiger partial charge in [-0.05, 0) is 24.1 Å². The highest BCUT2D eigenvalue weighted by molar-refractivity contribution is 7.89. The molecule has 0 bridgehead atoms. The van der Waals surface area contributed by atoms with Crippen LogP contribution in [0.1, 0.15) is 12.0 Å². The number of esters is 1. The number of fused-ring (bicyclic) bond motifs is 1. The lowest BCUT2D eigenvalue weighted by atomic mass is 10.2. The van der Waals surface area contributed by atoms with Crippen molar-refractivity contribution in [3.8, 4) is 0 Å². The van der Waals surface area contributed by atoms with E-state index >= 15 is 0 Å². The van der Waals surface area contributed by atoms with Gasteiger partial charge in [-0.1, -0.05) is 30.3 Å². The van der Waals surface area contributed by atoms with Gasteiger partial charge in [-0.15, -0.1) is 0 Å². The average molecular weight is 475 g/mol. The molecule has 33 heavy (non-hydrogen) atoms. The molecule has 2 aromatic carbocycles. The zero-order chi connectivity index (χ0) is 23.8. The Kier molecular flexibility index (Phi) is 6.15. The van der Waals surface area contributed by atoms with Crippen LogP contribution in [0.5, 0.6) is 0 Å². The van der Waals surface area contributed by atoms with Crippen LogP contribution in [0.4, 0.5) is 11.4 Å². The minimum absolute atomic E-state index is 0.251. The molecule has 174 valence electrons. The van der Waals surface area contributed by atoms with Crippen LogP contribution >= 0.6 is 0 Å². The van der Waals surface area contributed by atoms with Gasteiger partial charge in [-0.25, -0.2) is 8.42 Å². The van der Waals surface area contributed by atoms with E-state index in [1.54, 1.807) is 12.1 Å². The minimum atomic E-state index is -4.50. The second kappa shape index (κ2) is 8.89. The molecule has 0 spiro atoms. The van der Waals surface area contributed by atoms with E-state index in [1.807, 2.05) is 12.1 Å². The van der Waals surface area contributed by atoms with Gasteiger partial charge in [0, 0.05) is 31.3 Å². The summed E-state index contributed by atoms with van der Waals surface area (Å²) in [6, 6.07) is 10.7. The summed E-state index contributed by atoms with van der Waals surface area (Å²) in [7, 11) is -4.50. The average Bonchev–Trinajstić information content (AvgIpc) is 3.41. The zero-order valence-electron chi connectivity index (χ0n) is 17.4. The number of carbonyl (C=O) groups excluding carboxylic acids is 2. The Bertz CT molecular complexity index is 1220. The SMILES string of the molecule is O=C(OCC(=O)N1CCc2ccccc21)C1CC(O)CN1S(=O)(=O)c1ccccc1[N+](=O)[O-]. The first-order valence-electron chi connectivity index (χ1n) is 10.2. The van der Waals surface area contributed by atoms with Gasteiger partial charge in [-0.2, -0.15) is 4.31 Å². The van der Waals surface area contributed by atoms with Gasteiger partial charge >= 0.3 is 5.97 Å². The number of anilines is 1. The lowest BCUT2D eigenvalue weighted by Gasteiger charge is -2.23. The monoisotopic (exact) mass is 475 g/mol. The van der Waals surface area contributed by atoms with Gasteiger partial charge in [0.25, 0.3) is 21.6 Å². The Morgan fingerprint density at radius 2 is 1.85 bits per heavy atom. The van der Waals surface area contributed by atoms with E-state index in [-0.39, 0.29) is 6.42 Å². The molecule has 0 aromatic heterocycles. The number of nitrogens with zero attached hydrogens (tertiary/aromatic N) is 3. The number of hydrogen-bond donors (Lipinski definition) is 1. The third-order valence-corrected chi connectivity index (χ3v) is 7.60. The van der Waals surface area contributed by atoms with Crippen molar-refractivity contribution in [2.75, 3.05) is 24.6 Å². The summed E-state index contributed by atoms with van der Waals surface area (Å²) in [5.41, 5.74) is 1.09. The van der Waals surface area contributed by atoms with Crippen molar-refractivity contribution in [3.63, 3.8) is 0 Å². The standard InChI is InChI=1S/C21H21N3O8S/c25-15-11-18(23(12-15)33(30,31)19-8-4-3-7-17(19)24(28)29)21(27)32-13-20(26)22-10-9-14-5-1-2-6-16(14)22/h1-8,15,18,25H,9-13H2. The van der Waals surface area contributed by atoms with E-state index in [0.29, 0.717) is 17.3 Å². The maximum absolute atomic E-state index is 13.1. The predicted octanol–water partition coefficient (Wildman–Crippen LogP) is 0.851. The number of aliphatic hydroxyl groups is 1. The number of carbonyl (C=O) groups is 2. The number of nitro benzene ring substituents is 1. The van der Waals surface area contributed by atoms with Gasteiger partial charge in [0.05, 0.1) is 11.0 Å². The number of sulfonamides is 1. The van der Waals surface area contributed by atoms with Crippen LogP contribution in [-0.4, -0.2) is 66.5 Å². The van der Waals surface area contributed by atoms with Crippen molar-refractivity contribution in [3.05, 3.63) is 64.2 Å². The van der Waals surface area contributed by atoms with Crippen molar-refractivity contribution < 1.29 is 32.8 Å². The summed E-state index contributed by atoms with van der Waals surface area (Å²) in [6.45, 7) is -0.587. The van der Waals surface area contributed by atoms with Crippen molar-refractivity contribution >= 4 is 33.3 Å². The molecule has 0 radical (unpaired) electrons. The van der Waals surface area contributed by atoms with E-state index < -0.39 is 62.7 Å². The number of aliphatic hydroxyl groups excluding tert-OH is 1. The molecule has 1 N–H and O–H groups in total. The fourth-order valence-electron chi connectivity index (χ4n) is 4.12. The summed E-state index contributed by atoms with van der Waals surface area (Å²) in [6.07, 6.45) is -0.743. The first-order valence-corrected chi connectivity index (χ1v) is 11.6. The molecule has 0 aliphatic carbocycles. The third kappa shape index (κ3) is 4.32. The summed E-state index contributed by atoms with van der Waals surface area (Å²) >= 11 is 0. The highest BCUT2D eigenvalue weighted by atomic mass is 32.2. The van der Waals surface area contributed by atoms with Crippen molar-refractivity contribution in [1.29, 1.82) is 0 Å². The molecule has 1 amide bonds. The normalized spacial score (nSPS) is 20.5. The minimum Gasteiger partial charge on any atom is -0.454 e. The topological polar surface area (TPSA) is 147 Å². The Balaban J connectivity index is 1.49. The molecule has 12 heteroatoms. The molecule has 2 unspecified atom stereocenters. The highest BCUT2D eigenvalue weighted by Crippen LogP contribution is 2.32. The van der Waals surface area contributed by atoms with Gasteiger partial charge in [0.1, 0.15) is 6.04 Å². The van der Waals surface area contributed by atoms with Crippen LogP contribution in [0.2, 0.25) is 0 Å². The first-order chi connectivity index (χ1) is 15.7. The maximum atomic E-state index is 13.1. The summed E-state index contributed by atoms with van der Waals surface area (Å²) in [5.74, 6) is -1.46. The van der Waals surface area contributed by atoms with Crippen LogP contribution in [0, 0.1) is 10.1 Å². The highest BCUT2D eigenvalue weighted by Gasteiger charge is 2.46. The fourth-order valence-corrected chi connectivity index (χ4v) is 5.91. The number of para-hydroxylation sites is 2. The smallest absolute Gasteiger partial charge is 0.325 e. The fraction of sp³-hybridized carbons (Fsp3) is 0.333. The summed E-state index contributed by atoms with van der Waals surface area (Å²) < 4.78 is 32.1. The van der Waals surface area contributed by atoms with E-state index in [4.69, 9.17) is 4.74 Å². The number of benzene rings is 2. The number of rotatable bonds is 6. The molecule has 2 atom stereocenters.